The van der Waals surface area contributed by atoms with Gasteiger partial charge in [0.05, 0.1) is 10.3 Å². The van der Waals surface area contributed by atoms with E-state index >= 15 is 0 Å². The molecule has 1 aromatic carbocycles. The number of hydrogen-bond acceptors (Lipinski definition) is 4. The van der Waals surface area contributed by atoms with Crippen molar-refractivity contribution in [3.05, 3.63) is 45.6 Å². The summed E-state index contributed by atoms with van der Waals surface area (Å²) in [5.74, 6) is 0.420. The van der Waals surface area contributed by atoms with Crippen molar-refractivity contribution < 1.29 is 4.79 Å². The van der Waals surface area contributed by atoms with Crippen LogP contribution in [0.15, 0.2) is 35.1 Å². The third kappa shape index (κ3) is 2.21. The number of carbonyl (C=O) groups excluding carboxylic acids is 1. The third-order valence-electron chi connectivity index (χ3n) is 3.02. The smallest absolute Gasteiger partial charge is 0.261 e. The third-order valence-corrected chi connectivity index (χ3v) is 4.41. The molecule has 6 heteroatoms. The summed E-state index contributed by atoms with van der Waals surface area (Å²) in [6.45, 7) is 0.507. The van der Waals surface area contributed by atoms with Gasteiger partial charge < -0.3 is 10.3 Å². The first-order chi connectivity index (χ1) is 9.70. The number of thiol groups is 1. The molecule has 0 aliphatic heterocycles. The maximum atomic E-state index is 12.0. The van der Waals surface area contributed by atoms with Crippen LogP contribution in [-0.4, -0.2) is 23.2 Å². The quantitative estimate of drug-likeness (QED) is 0.651. The number of aromatic nitrogens is 1. The average Bonchev–Trinajstić information content (AvgIpc) is 2.91. The standard InChI is InChI=1S/C14H12N2O2S2/c17-13-9-7-11(14(18)15-5-6-19)20-12(9)8-3-1-2-4-10(8)16-13/h1-4,7,19H,5-6H2,(H,15,18)(H,16,17). The Labute approximate surface area is 124 Å². The number of nitrogens with one attached hydrogen (secondary N) is 2. The van der Waals surface area contributed by atoms with Crippen molar-refractivity contribution in [1.82, 2.24) is 10.3 Å². The van der Waals surface area contributed by atoms with Gasteiger partial charge in [-0.2, -0.15) is 12.6 Å². The van der Waals surface area contributed by atoms with Crippen LogP contribution in [0.4, 0.5) is 0 Å². The molecule has 20 heavy (non-hydrogen) atoms. The highest BCUT2D eigenvalue weighted by Gasteiger charge is 2.14. The summed E-state index contributed by atoms with van der Waals surface area (Å²) >= 11 is 5.40. The van der Waals surface area contributed by atoms with Gasteiger partial charge in [0.25, 0.3) is 11.5 Å². The summed E-state index contributed by atoms with van der Waals surface area (Å²) in [7, 11) is 0. The van der Waals surface area contributed by atoms with E-state index in [9.17, 15) is 9.59 Å². The summed E-state index contributed by atoms with van der Waals surface area (Å²) in [6, 6.07) is 9.24. The highest BCUT2D eigenvalue weighted by atomic mass is 32.1. The van der Waals surface area contributed by atoms with E-state index < -0.39 is 0 Å². The largest absolute Gasteiger partial charge is 0.351 e. The van der Waals surface area contributed by atoms with Gasteiger partial charge in [-0.15, -0.1) is 11.3 Å². The fourth-order valence-corrected chi connectivity index (χ4v) is 3.33. The van der Waals surface area contributed by atoms with Gasteiger partial charge in [-0.25, -0.2) is 0 Å². The first kappa shape index (κ1) is 13.2. The van der Waals surface area contributed by atoms with Crippen LogP contribution >= 0.6 is 24.0 Å². The number of H-pyrrole nitrogens is 1. The Morgan fingerprint density at radius 2 is 2.10 bits per heavy atom. The van der Waals surface area contributed by atoms with E-state index in [2.05, 4.69) is 22.9 Å². The topological polar surface area (TPSA) is 62.0 Å². The number of fused-ring (bicyclic) bond motifs is 3. The van der Waals surface area contributed by atoms with E-state index in [0.717, 1.165) is 15.6 Å². The molecule has 0 fully saturated rings. The molecule has 4 nitrogen and oxygen atoms in total. The Morgan fingerprint density at radius 1 is 1.30 bits per heavy atom. The molecule has 2 heterocycles. The first-order valence-electron chi connectivity index (χ1n) is 6.14. The molecule has 0 radical (unpaired) electrons. The van der Waals surface area contributed by atoms with Crippen LogP contribution in [0.2, 0.25) is 0 Å². The van der Waals surface area contributed by atoms with Crippen molar-refractivity contribution in [3.8, 4) is 0 Å². The van der Waals surface area contributed by atoms with E-state index in [1.54, 1.807) is 6.07 Å². The minimum Gasteiger partial charge on any atom is -0.351 e. The SMILES string of the molecule is O=C(NCCS)c1cc2c(=O)[nH]c3ccccc3c2s1. The lowest BCUT2D eigenvalue weighted by atomic mass is 10.2. The Hall–Kier alpha value is -1.79. The molecule has 0 aliphatic carbocycles. The van der Waals surface area contributed by atoms with Crippen molar-refractivity contribution in [2.24, 2.45) is 0 Å². The second-order valence-electron chi connectivity index (χ2n) is 4.33. The maximum Gasteiger partial charge on any atom is 0.261 e. The molecule has 2 N–H and O–H groups in total. The maximum absolute atomic E-state index is 12.0. The van der Waals surface area contributed by atoms with E-state index in [1.807, 2.05) is 24.3 Å². The van der Waals surface area contributed by atoms with Crippen molar-refractivity contribution in [1.29, 1.82) is 0 Å². The lowest BCUT2D eigenvalue weighted by molar-refractivity contribution is 0.0960. The van der Waals surface area contributed by atoms with E-state index in [-0.39, 0.29) is 11.5 Å². The van der Waals surface area contributed by atoms with Crippen LogP contribution in [0.3, 0.4) is 0 Å². The normalized spacial score (nSPS) is 11.1. The number of para-hydroxylation sites is 1. The van der Waals surface area contributed by atoms with Crippen molar-refractivity contribution in [2.45, 2.75) is 0 Å². The summed E-state index contributed by atoms with van der Waals surface area (Å²) in [6.07, 6.45) is 0. The van der Waals surface area contributed by atoms with Gasteiger partial charge in [0, 0.05) is 27.9 Å². The van der Waals surface area contributed by atoms with E-state index in [1.165, 1.54) is 11.3 Å². The first-order valence-corrected chi connectivity index (χ1v) is 7.59. The van der Waals surface area contributed by atoms with Crippen molar-refractivity contribution in [2.75, 3.05) is 12.3 Å². The highest BCUT2D eigenvalue weighted by Crippen LogP contribution is 2.29. The van der Waals surface area contributed by atoms with Crippen molar-refractivity contribution in [3.63, 3.8) is 0 Å². The van der Waals surface area contributed by atoms with Gasteiger partial charge in [0.15, 0.2) is 0 Å². The number of carbonyl (C=O) groups is 1. The molecule has 0 unspecified atom stereocenters. The minimum atomic E-state index is -0.164. The fraction of sp³-hybridized carbons (Fsp3) is 0.143. The molecule has 0 saturated carbocycles. The number of rotatable bonds is 3. The summed E-state index contributed by atoms with van der Waals surface area (Å²) in [5.41, 5.74) is 0.623. The second kappa shape index (κ2) is 5.30. The van der Waals surface area contributed by atoms with Gasteiger partial charge in [0.2, 0.25) is 0 Å². The zero-order chi connectivity index (χ0) is 14.1. The average molecular weight is 304 g/mol. The van der Waals surface area contributed by atoms with Crippen LogP contribution in [0.25, 0.3) is 21.0 Å². The number of pyridine rings is 1. The summed E-state index contributed by atoms with van der Waals surface area (Å²) in [4.78, 5) is 27.4. The predicted octanol–water partition coefficient (Wildman–Crippen LogP) is 2.40. The van der Waals surface area contributed by atoms with Crippen LogP contribution in [0.5, 0.6) is 0 Å². The number of thiophene rings is 1. The Balaban J connectivity index is 2.19. The van der Waals surface area contributed by atoms with Crippen LogP contribution in [-0.2, 0) is 0 Å². The molecule has 0 bridgehead atoms. The molecule has 102 valence electrons. The van der Waals surface area contributed by atoms with E-state index in [0.29, 0.717) is 22.6 Å². The molecule has 0 atom stereocenters. The highest BCUT2D eigenvalue weighted by molar-refractivity contribution is 7.80. The molecule has 2 aromatic heterocycles. The molecule has 3 rings (SSSR count). The van der Waals surface area contributed by atoms with Crippen LogP contribution in [0, 0.1) is 0 Å². The fourth-order valence-electron chi connectivity index (χ4n) is 2.11. The van der Waals surface area contributed by atoms with Crippen LogP contribution < -0.4 is 10.9 Å². The molecular formula is C14H12N2O2S2. The van der Waals surface area contributed by atoms with Gasteiger partial charge in [-0.1, -0.05) is 18.2 Å². The molecule has 0 saturated heterocycles. The molecule has 0 spiro atoms. The van der Waals surface area contributed by atoms with Crippen molar-refractivity contribution >= 4 is 50.9 Å². The minimum absolute atomic E-state index is 0.163. The Kier molecular flexibility index (Phi) is 3.50. The van der Waals surface area contributed by atoms with E-state index in [4.69, 9.17) is 0 Å². The molecule has 3 aromatic rings. The lowest BCUT2D eigenvalue weighted by Crippen LogP contribution is -2.24. The number of aromatic amines is 1. The van der Waals surface area contributed by atoms with Crippen LogP contribution in [0.1, 0.15) is 9.67 Å². The number of benzene rings is 1. The lowest BCUT2D eigenvalue weighted by Gasteiger charge is -1.99. The number of hydrogen-bond donors (Lipinski definition) is 3. The summed E-state index contributed by atoms with van der Waals surface area (Å²) < 4.78 is 0.848. The zero-order valence-electron chi connectivity index (χ0n) is 10.5. The number of amides is 1. The predicted molar refractivity (Wildman–Crippen MR) is 86.1 cm³/mol. The van der Waals surface area contributed by atoms with Gasteiger partial charge >= 0.3 is 0 Å². The van der Waals surface area contributed by atoms with Gasteiger partial charge in [0.1, 0.15) is 0 Å². The van der Waals surface area contributed by atoms with Gasteiger partial charge in [-0.05, 0) is 12.1 Å². The second-order valence-corrected chi connectivity index (χ2v) is 5.83. The molecule has 1 amide bonds. The molecule has 0 aliphatic rings. The Bertz CT molecular complexity index is 851. The Morgan fingerprint density at radius 3 is 2.90 bits per heavy atom. The monoisotopic (exact) mass is 304 g/mol. The molecular weight excluding hydrogens is 292 g/mol. The zero-order valence-corrected chi connectivity index (χ0v) is 12.2. The van der Waals surface area contributed by atoms with Gasteiger partial charge in [-0.3, -0.25) is 9.59 Å². The summed E-state index contributed by atoms with van der Waals surface area (Å²) in [5, 5.41) is 4.28.